The van der Waals surface area contributed by atoms with Crippen molar-refractivity contribution in [3.8, 4) is 0 Å². The average Bonchev–Trinajstić information content (AvgIpc) is 3.00. The molecule has 0 amide bonds. The number of esters is 1. The Morgan fingerprint density at radius 1 is 1.05 bits per heavy atom. The van der Waals surface area contributed by atoms with E-state index in [2.05, 4.69) is 41.3 Å². The molecule has 3 rings (SSSR count). The quantitative estimate of drug-likeness (QED) is 0.812. The predicted molar refractivity (Wildman–Crippen MR) is 86.4 cm³/mol. The third kappa shape index (κ3) is 3.20. The van der Waals surface area contributed by atoms with E-state index in [-0.39, 0.29) is 17.8 Å². The topological polar surface area (TPSA) is 29.5 Å². The smallest absolute Gasteiger partial charge is 0.310 e. The summed E-state index contributed by atoms with van der Waals surface area (Å²) in [4.78, 5) is 14.5. The molecule has 3 heteroatoms. The van der Waals surface area contributed by atoms with Crippen LogP contribution in [0.25, 0.3) is 0 Å². The van der Waals surface area contributed by atoms with Gasteiger partial charge < -0.3 is 4.74 Å². The summed E-state index contributed by atoms with van der Waals surface area (Å²) in [6.07, 6.45) is 0. The van der Waals surface area contributed by atoms with Crippen molar-refractivity contribution in [3.05, 3.63) is 71.8 Å². The van der Waals surface area contributed by atoms with Crippen LogP contribution in [0.3, 0.4) is 0 Å². The molecule has 0 spiro atoms. The van der Waals surface area contributed by atoms with Crippen LogP contribution in [0.15, 0.2) is 60.7 Å². The highest BCUT2D eigenvalue weighted by atomic mass is 16.5. The van der Waals surface area contributed by atoms with Gasteiger partial charge in [0, 0.05) is 25.6 Å². The first kappa shape index (κ1) is 14.8. The van der Waals surface area contributed by atoms with Gasteiger partial charge in [-0.1, -0.05) is 60.7 Å². The third-order valence-corrected chi connectivity index (χ3v) is 4.38. The van der Waals surface area contributed by atoms with Gasteiger partial charge in [0.2, 0.25) is 0 Å². The highest BCUT2D eigenvalue weighted by molar-refractivity contribution is 5.74. The van der Waals surface area contributed by atoms with Crippen LogP contribution >= 0.6 is 0 Å². The monoisotopic (exact) mass is 295 g/mol. The number of rotatable bonds is 4. The number of likely N-dealkylation sites (tertiary alicyclic amines) is 1. The normalized spacial score (nSPS) is 21.7. The fraction of sp³-hybridized carbons (Fsp3) is 0.316. The van der Waals surface area contributed by atoms with E-state index in [0.717, 1.165) is 19.6 Å². The fourth-order valence-electron chi connectivity index (χ4n) is 3.28. The largest absolute Gasteiger partial charge is 0.469 e. The molecule has 0 bridgehead atoms. The summed E-state index contributed by atoms with van der Waals surface area (Å²) in [6, 6.07) is 20.7. The second-order valence-corrected chi connectivity index (χ2v) is 5.83. The first-order chi connectivity index (χ1) is 10.8. The summed E-state index contributed by atoms with van der Waals surface area (Å²) in [6.45, 7) is 2.51. The van der Waals surface area contributed by atoms with Gasteiger partial charge in [0.1, 0.15) is 0 Å². The lowest BCUT2D eigenvalue weighted by atomic mass is 9.89. The Morgan fingerprint density at radius 2 is 1.68 bits per heavy atom. The van der Waals surface area contributed by atoms with E-state index >= 15 is 0 Å². The molecule has 1 aliphatic heterocycles. The molecule has 1 heterocycles. The van der Waals surface area contributed by atoms with E-state index in [1.165, 1.54) is 18.2 Å². The predicted octanol–water partition coefficient (Wildman–Crippen LogP) is 3.08. The Hall–Kier alpha value is -2.13. The number of benzene rings is 2. The van der Waals surface area contributed by atoms with Crippen LogP contribution in [-0.2, 0) is 16.1 Å². The van der Waals surface area contributed by atoms with Crippen LogP contribution in [0.4, 0.5) is 0 Å². The molecule has 2 aromatic carbocycles. The number of methoxy groups -OCH3 is 1. The van der Waals surface area contributed by atoms with Crippen LogP contribution < -0.4 is 0 Å². The minimum absolute atomic E-state index is 0.0869. The van der Waals surface area contributed by atoms with Crippen molar-refractivity contribution < 1.29 is 9.53 Å². The molecule has 3 nitrogen and oxygen atoms in total. The molecule has 0 unspecified atom stereocenters. The first-order valence-corrected chi connectivity index (χ1v) is 7.67. The molecule has 2 atom stereocenters. The maximum atomic E-state index is 12.1. The Kier molecular flexibility index (Phi) is 4.54. The highest BCUT2D eigenvalue weighted by Gasteiger charge is 2.38. The van der Waals surface area contributed by atoms with Crippen molar-refractivity contribution in [3.63, 3.8) is 0 Å². The van der Waals surface area contributed by atoms with Gasteiger partial charge in [0.25, 0.3) is 0 Å². The van der Waals surface area contributed by atoms with Crippen molar-refractivity contribution in [2.75, 3.05) is 20.2 Å². The molecule has 114 valence electrons. The lowest BCUT2D eigenvalue weighted by Crippen LogP contribution is -2.24. The van der Waals surface area contributed by atoms with E-state index < -0.39 is 0 Å². The summed E-state index contributed by atoms with van der Waals surface area (Å²) in [7, 11) is 1.48. The van der Waals surface area contributed by atoms with Gasteiger partial charge in [-0.2, -0.15) is 0 Å². The zero-order valence-electron chi connectivity index (χ0n) is 12.8. The van der Waals surface area contributed by atoms with Crippen LogP contribution in [0.2, 0.25) is 0 Å². The van der Waals surface area contributed by atoms with Crippen LogP contribution in [0.5, 0.6) is 0 Å². The van der Waals surface area contributed by atoms with Gasteiger partial charge in [-0.25, -0.2) is 0 Å². The molecule has 22 heavy (non-hydrogen) atoms. The Morgan fingerprint density at radius 3 is 2.32 bits per heavy atom. The molecule has 0 N–H and O–H groups in total. The minimum atomic E-state index is -0.107. The molecular formula is C19H21NO2. The van der Waals surface area contributed by atoms with Crippen molar-refractivity contribution in [1.29, 1.82) is 0 Å². The van der Waals surface area contributed by atoms with Gasteiger partial charge in [0.15, 0.2) is 0 Å². The average molecular weight is 295 g/mol. The van der Waals surface area contributed by atoms with Crippen molar-refractivity contribution >= 4 is 5.97 Å². The molecule has 0 aromatic heterocycles. The lowest BCUT2D eigenvalue weighted by Gasteiger charge is -2.16. The summed E-state index contributed by atoms with van der Waals surface area (Å²) >= 11 is 0. The van der Waals surface area contributed by atoms with Gasteiger partial charge in [-0.15, -0.1) is 0 Å². The second kappa shape index (κ2) is 6.75. The third-order valence-electron chi connectivity index (χ3n) is 4.38. The second-order valence-electron chi connectivity index (χ2n) is 5.83. The Balaban J connectivity index is 1.78. The maximum Gasteiger partial charge on any atom is 0.310 e. The van der Waals surface area contributed by atoms with E-state index in [4.69, 9.17) is 4.74 Å². The van der Waals surface area contributed by atoms with E-state index in [1.54, 1.807) is 0 Å². The molecular weight excluding hydrogens is 274 g/mol. The minimum Gasteiger partial charge on any atom is -0.469 e. The number of hydrogen-bond donors (Lipinski definition) is 0. The summed E-state index contributed by atoms with van der Waals surface area (Å²) < 4.78 is 5.02. The molecule has 1 fully saturated rings. The zero-order valence-corrected chi connectivity index (χ0v) is 12.8. The number of carbonyl (C=O) groups excluding carboxylic acids is 1. The summed E-state index contributed by atoms with van der Waals surface area (Å²) in [5.74, 6) is 0.0119. The number of hydrogen-bond acceptors (Lipinski definition) is 3. The molecule has 0 radical (unpaired) electrons. The summed E-state index contributed by atoms with van der Waals surface area (Å²) in [5, 5.41) is 0. The van der Waals surface area contributed by atoms with E-state index in [1.807, 2.05) is 24.3 Å². The van der Waals surface area contributed by atoms with E-state index in [9.17, 15) is 4.79 Å². The zero-order chi connectivity index (χ0) is 15.4. The highest BCUT2D eigenvalue weighted by Crippen LogP contribution is 2.34. The fourth-order valence-corrected chi connectivity index (χ4v) is 3.28. The molecule has 0 saturated carbocycles. The number of ether oxygens (including phenoxy) is 1. The molecule has 1 saturated heterocycles. The lowest BCUT2D eigenvalue weighted by molar-refractivity contribution is -0.145. The van der Waals surface area contributed by atoms with Gasteiger partial charge >= 0.3 is 5.97 Å². The van der Waals surface area contributed by atoms with Crippen molar-refractivity contribution in [2.45, 2.75) is 12.5 Å². The van der Waals surface area contributed by atoms with Gasteiger partial charge in [0.05, 0.1) is 13.0 Å². The van der Waals surface area contributed by atoms with E-state index in [0.29, 0.717) is 0 Å². The van der Waals surface area contributed by atoms with Crippen molar-refractivity contribution in [2.24, 2.45) is 5.92 Å². The molecule has 0 aliphatic carbocycles. The summed E-state index contributed by atoms with van der Waals surface area (Å²) in [5.41, 5.74) is 2.49. The SMILES string of the molecule is COC(=O)[C@H]1CN(Cc2ccccc2)C[C@H]1c1ccccc1. The van der Waals surface area contributed by atoms with Gasteiger partial charge in [-0.05, 0) is 11.1 Å². The maximum absolute atomic E-state index is 12.1. The first-order valence-electron chi connectivity index (χ1n) is 7.67. The van der Waals surface area contributed by atoms with Crippen LogP contribution in [0.1, 0.15) is 17.0 Å². The van der Waals surface area contributed by atoms with Crippen LogP contribution in [-0.4, -0.2) is 31.1 Å². The standard InChI is InChI=1S/C19H21NO2/c1-22-19(21)18-14-20(12-15-8-4-2-5-9-15)13-17(18)16-10-6-3-7-11-16/h2-11,17-18H,12-14H2,1H3/t17-,18-/m0/s1. The van der Waals surface area contributed by atoms with Crippen molar-refractivity contribution in [1.82, 2.24) is 4.90 Å². The molecule has 1 aliphatic rings. The Bertz CT molecular complexity index is 612. The number of nitrogens with zero attached hydrogens (tertiary/aromatic N) is 1. The molecule has 2 aromatic rings. The Labute approximate surface area is 131 Å². The van der Waals surface area contributed by atoms with Gasteiger partial charge in [-0.3, -0.25) is 9.69 Å². The van der Waals surface area contributed by atoms with Crippen LogP contribution in [0, 0.1) is 5.92 Å². The number of carbonyl (C=O) groups is 1.